The summed E-state index contributed by atoms with van der Waals surface area (Å²) in [5.41, 5.74) is 1.91. The molecule has 0 radical (unpaired) electrons. The molecule has 1 aromatic heterocycles. The van der Waals surface area contributed by atoms with Gasteiger partial charge in [0.05, 0.1) is 12.1 Å². The maximum absolute atomic E-state index is 12.5. The van der Waals surface area contributed by atoms with Crippen LogP contribution in [0, 0.1) is 5.82 Å². The summed E-state index contributed by atoms with van der Waals surface area (Å²) in [6, 6.07) is 15.6. The number of hydrogen-bond acceptors (Lipinski definition) is 5. The normalized spacial score (nSPS) is 10.6. The molecule has 0 aliphatic carbocycles. The molecule has 2 aromatic carbocycles. The third kappa shape index (κ3) is 8.15. The summed E-state index contributed by atoms with van der Waals surface area (Å²) < 4.78 is 12.5. The predicted octanol–water partition coefficient (Wildman–Crippen LogP) is 6.37. The van der Waals surface area contributed by atoms with E-state index in [1.54, 1.807) is 75.3 Å². The van der Waals surface area contributed by atoms with Crippen LogP contribution >= 0.6 is 23.4 Å². The van der Waals surface area contributed by atoms with Crippen molar-refractivity contribution in [2.45, 2.75) is 37.5 Å². The third-order valence-electron chi connectivity index (χ3n) is 4.84. The van der Waals surface area contributed by atoms with Crippen LogP contribution in [0.1, 0.15) is 32.0 Å². The van der Waals surface area contributed by atoms with Crippen LogP contribution in [-0.2, 0) is 21.4 Å². The lowest BCUT2D eigenvalue weighted by atomic mass is 9.86. The van der Waals surface area contributed by atoms with Gasteiger partial charge < -0.3 is 15.4 Å². The Balaban J connectivity index is 0.000000379. The Morgan fingerprint density at radius 2 is 1.91 bits per heavy atom. The highest BCUT2D eigenvalue weighted by Crippen LogP contribution is 2.30. The zero-order valence-corrected chi connectivity index (χ0v) is 21.3. The van der Waals surface area contributed by atoms with Crippen molar-refractivity contribution in [3.05, 3.63) is 82.9 Å². The first kappa shape index (κ1) is 27.3. The molecule has 0 saturated carbocycles. The second kappa shape index (κ2) is 13.1. The van der Waals surface area contributed by atoms with Crippen molar-refractivity contribution < 1.29 is 14.0 Å². The van der Waals surface area contributed by atoms with Crippen molar-refractivity contribution in [2.24, 2.45) is 0 Å². The first-order valence-electron chi connectivity index (χ1n) is 10.8. The van der Waals surface area contributed by atoms with Gasteiger partial charge in [-0.25, -0.2) is 4.39 Å². The Bertz CT molecular complexity index is 1110. The molecule has 0 bridgehead atoms. The third-order valence-corrected chi connectivity index (χ3v) is 6.01. The number of carbonyl (C=O) groups is 2. The lowest BCUT2D eigenvalue weighted by Gasteiger charge is -2.19. The van der Waals surface area contributed by atoms with Crippen LogP contribution in [0.25, 0.3) is 0 Å². The molecular formula is C26H29ClFN3O2S. The number of thioether (sulfide) groups is 1. The van der Waals surface area contributed by atoms with Gasteiger partial charge in [-0.1, -0.05) is 36.7 Å². The van der Waals surface area contributed by atoms with E-state index in [2.05, 4.69) is 22.5 Å². The van der Waals surface area contributed by atoms with Crippen molar-refractivity contribution in [1.29, 1.82) is 0 Å². The van der Waals surface area contributed by atoms with E-state index in [1.807, 2.05) is 12.1 Å². The van der Waals surface area contributed by atoms with Gasteiger partial charge in [0.25, 0.3) is 0 Å². The van der Waals surface area contributed by atoms with E-state index in [1.165, 1.54) is 6.07 Å². The van der Waals surface area contributed by atoms with Gasteiger partial charge in [-0.2, -0.15) is 0 Å². The maximum Gasteiger partial charge on any atom is 0.230 e. The molecule has 0 fully saturated rings. The van der Waals surface area contributed by atoms with E-state index in [0.29, 0.717) is 22.1 Å². The second-order valence-corrected chi connectivity index (χ2v) is 9.65. The minimum absolute atomic E-state index is 0.165. The zero-order valence-electron chi connectivity index (χ0n) is 19.7. The average Bonchev–Trinajstić information content (AvgIpc) is 2.81. The van der Waals surface area contributed by atoms with Gasteiger partial charge in [-0.15, -0.1) is 11.8 Å². The first-order valence-corrected chi connectivity index (χ1v) is 12.1. The zero-order chi connectivity index (χ0) is 25.1. The molecule has 1 amide bonds. The Labute approximate surface area is 209 Å². The van der Waals surface area contributed by atoms with Gasteiger partial charge in [-0.05, 0) is 61.6 Å². The minimum Gasteiger partial charge on any atom is -0.386 e. The quantitative estimate of drug-likeness (QED) is 0.277. The molecule has 3 aromatic rings. The Morgan fingerprint density at radius 1 is 1.18 bits per heavy atom. The van der Waals surface area contributed by atoms with Gasteiger partial charge in [0.1, 0.15) is 12.1 Å². The summed E-state index contributed by atoms with van der Waals surface area (Å²) in [6.45, 7) is 5.68. The second-order valence-electron chi connectivity index (χ2n) is 7.91. The van der Waals surface area contributed by atoms with Crippen LogP contribution in [-0.4, -0.2) is 30.0 Å². The molecule has 3 rings (SSSR count). The highest BCUT2D eigenvalue weighted by molar-refractivity contribution is 7.99. The summed E-state index contributed by atoms with van der Waals surface area (Å²) in [7, 11) is 1.69. The molecule has 0 aliphatic rings. The minimum atomic E-state index is -0.665. The van der Waals surface area contributed by atoms with Gasteiger partial charge in [0, 0.05) is 40.0 Å². The highest BCUT2D eigenvalue weighted by Gasteiger charge is 2.22. The van der Waals surface area contributed by atoms with Gasteiger partial charge >= 0.3 is 0 Å². The molecule has 34 heavy (non-hydrogen) atoms. The lowest BCUT2D eigenvalue weighted by Crippen LogP contribution is -2.20. The smallest absolute Gasteiger partial charge is 0.230 e. The molecule has 2 N–H and O–H groups in total. The summed E-state index contributed by atoms with van der Waals surface area (Å²) in [5, 5.41) is 5.98. The van der Waals surface area contributed by atoms with Gasteiger partial charge in [0.15, 0.2) is 0 Å². The number of hydrogen-bond donors (Lipinski definition) is 2. The van der Waals surface area contributed by atoms with Gasteiger partial charge in [-0.3, -0.25) is 9.78 Å². The molecule has 0 unspecified atom stereocenters. The van der Waals surface area contributed by atoms with Crippen LogP contribution in [0.5, 0.6) is 0 Å². The van der Waals surface area contributed by atoms with E-state index in [0.717, 1.165) is 22.5 Å². The van der Waals surface area contributed by atoms with Crippen molar-refractivity contribution in [3.8, 4) is 0 Å². The van der Waals surface area contributed by atoms with Crippen molar-refractivity contribution in [1.82, 2.24) is 4.98 Å². The monoisotopic (exact) mass is 501 g/mol. The lowest BCUT2D eigenvalue weighted by molar-refractivity contribution is -0.115. The average molecular weight is 502 g/mol. The Kier molecular flexibility index (Phi) is 10.5. The Morgan fingerprint density at radius 3 is 2.44 bits per heavy atom. The van der Waals surface area contributed by atoms with E-state index in [-0.39, 0.29) is 18.1 Å². The van der Waals surface area contributed by atoms with Crippen molar-refractivity contribution >= 4 is 46.9 Å². The largest absolute Gasteiger partial charge is 0.386 e. The fourth-order valence-electron chi connectivity index (χ4n) is 2.98. The molecule has 8 heteroatoms. The number of para-hydroxylation sites is 1. The fourth-order valence-corrected chi connectivity index (χ4v) is 4.03. The molecule has 5 nitrogen and oxygen atoms in total. The number of aromatic nitrogens is 1. The van der Waals surface area contributed by atoms with Crippen LogP contribution in [0.3, 0.4) is 0 Å². The van der Waals surface area contributed by atoms with E-state index < -0.39 is 5.41 Å². The summed E-state index contributed by atoms with van der Waals surface area (Å²) in [6.07, 6.45) is 2.83. The Hall–Kier alpha value is -2.90. The molecule has 180 valence electrons. The summed E-state index contributed by atoms with van der Waals surface area (Å²) in [5.74, 6) is 0.612. The number of pyridine rings is 1. The number of benzene rings is 2. The van der Waals surface area contributed by atoms with Gasteiger partial charge in [0.2, 0.25) is 5.91 Å². The van der Waals surface area contributed by atoms with E-state index in [4.69, 9.17) is 11.6 Å². The predicted molar refractivity (Wildman–Crippen MR) is 139 cm³/mol. The first-order chi connectivity index (χ1) is 16.2. The number of amides is 1. The SMILES string of the molecule is CCSc1ccc(CC(=O)Nc2ccc(C(C)(C)C=O)c(Cl)c2)nc1.CNc1ccccc1F. The number of nitrogens with zero attached hydrogens (tertiary/aromatic N) is 1. The molecule has 0 aliphatic heterocycles. The molecule has 0 spiro atoms. The number of anilines is 2. The van der Waals surface area contributed by atoms with E-state index in [9.17, 15) is 14.0 Å². The van der Waals surface area contributed by atoms with Crippen LogP contribution in [0.2, 0.25) is 5.02 Å². The van der Waals surface area contributed by atoms with Crippen LogP contribution in [0.4, 0.5) is 15.8 Å². The van der Waals surface area contributed by atoms with Crippen LogP contribution < -0.4 is 10.6 Å². The summed E-state index contributed by atoms with van der Waals surface area (Å²) >= 11 is 7.97. The molecule has 0 atom stereocenters. The fraction of sp³-hybridized carbons (Fsp3) is 0.269. The number of aldehydes is 1. The topological polar surface area (TPSA) is 71.1 Å². The molecule has 1 heterocycles. The van der Waals surface area contributed by atoms with E-state index >= 15 is 0 Å². The molecule has 0 saturated heterocycles. The number of carbonyl (C=O) groups excluding carboxylic acids is 2. The van der Waals surface area contributed by atoms with Crippen molar-refractivity contribution in [2.75, 3.05) is 23.4 Å². The standard InChI is InChI=1S/C19H21ClN2O2S.C7H8FN/c1-4-25-15-7-5-13(21-11-15)10-18(24)22-14-6-8-16(17(20)9-14)19(2,3)12-23;1-9-7-5-3-2-4-6(7)8/h5-9,11-12H,4,10H2,1-3H3,(H,22,24);2-5,9H,1H3. The number of rotatable bonds is 8. The van der Waals surface area contributed by atoms with Crippen molar-refractivity contribution in [3.63, 3.8) is 0 Å². The van der Waals surface area contributed by atoms with Crippen LogP contribution in [0.15, 0.2) is 65.7 Å². The number of halogens is 2. The maximum atomic E-state index is 12.5. The number of nitrogens with one attached hydrogen (secondary N) is 2. The molecular weight excluding hydrogens is 473 g/mol. The summed E-state index contributed by atoms with van der Waals surface area (Å²) in [4.78, 5) is 28.8. The highest BCUT2D eigenvalue weighted by atomic mass is 35.5.